The van der Waals surface area contributed by atoms with E-state index in [-0.39, 0.29) is 16.3 Å². The van der Waals surface area contributed by atoms with Gasteiger partial charge in [0.25, 0.3) is 5.91 Å². The van der Waals surface area contributed by atoms with Crippen molar-refractivity contribution in [1.29, 1.82) is 0 Å². The fraction of sp³-hybridized carbons (Fsp3) is 0. The Morgan fingerprint density at radius 2 is 1.76 bits per heavy atom. The Bertz CT molecular complexity index is 734. The molecule has 0 bridgehead atoms. The normalized spacial score (nSPS) is 10.2. The maximum Gasteiger partial charge on any atom is 0.337 e. The number of benzene rings is 2. The van der Waals surface area contributed by atoms with Gasteiger partial charge >= 0.3 is 5.97 Å². The van der Waals surface area contributed by atoms with E-state index in [0.29, 0.717) is 0 Å². The minimum absolute atomic E-state index is 0.145. The molecule has 4 nitrogen and oxygen atoms in total. The highest BCUT2D eigenvalue weighted by Gasteiger charge is 2.17. The van der Waals surface area contributed by atoms with Gasteiger partial charge < -0.3 is 10.4 Å². The summed E-state index contributed by atoms with van der Waals surface area (Å²) in [5.41, 5.74) is -0.928. The quantitative estimate of drug-likeness (QED) is 0.910. The van der Waals surface area contributed by atoms with Crippen molar-refractivity contribution in [2.75, 3.05) is 5.32 Å². The molecule has 108 valence electrons. The van der Waals surface area contributed by atoms with Gasteiger partial charge in [0, 0.05) is 5.02 Å². The van der Waals surface area contributed by atoms with Gasteiger partial charge in [-0.05, 0) is 36.4 Å². The first-order chi connectivity index (χ1) is 9.88. The van der Waals surface area contributed by atoms with Gasteiger partial charge in [0.15, 0.2) is 0 Å². The molecule has 0 heterocycles. The Morgan fingerprint density at radius 1 is 1.05 bits per heavy atom. The Kier molecular flexibility index (Phi) is 4.18. The number of carbonyl (C=O) groups excluding carboxylic acids is 1. The molecule has 0 radical (unpaired) electrons. The molecule has 2 rings (SSSR count). The van der Waals surface area contributed by atoms with E-state index in [4.69, 9.17) is 16.7 Å². The molecule has 0 unspecified atom stereocenters. The van der Waals surface area contributed by atoms with Crippen LogP contribution < -0.4 is 5.32 Å². The molecule has 0 fully saturated rings. The Morgan fingerprint density at radius 3 is 2.43 bits per heavy atom. The van der Waals surface area contributed by atoms with Crippen LogP contribution in [0.15, 0.2) is 36.4 Å². The zero-order valence-electron chi connectivity index (χ0n) is 10.4. The van der Waals surface area contributed by atoms with Gasteiger partial charge in [-0.25, -0.2) is 13.6 Å². The van der Waals surface area contributed by atoms with Crippen molar-refractivity contribution >= 4 is 29.2 Å². The molecule has 0 saturated heterocycles. The molecular formula is C14H8ClF2NO3. The summed E-state index contributed by atoms with van der Waals surface area (Å²) in [7, 11) is 0. The zero-order valence-corrected chi connectivity index (χ0v) is 11.1. The number of hydrogen-bond acceptors (Lipinski definition) is 2. The summed E-state index contributed by atoms with van der Waals surface area (Å²) < 4.78 is 26.6. The van der Waals surface area contributed by atoms with E-state index in [1.165, 1.54) is 6.07 Å². The SMILES string of the molecule is O=C(Nc1ccc(F)cc1C(=O)O)c1cc(Cl)ccc1F. The van der Waals surface area contributed by atoms with E-state index in [1.807, 2.05) is 0 Å². The molecule has 0 spiro atoms. The lowest BCUT2D eigenvalue weighted by Crippen LogP contribution is -2.16. The first kappa shape index (κ1) is 14.9. The summed E-state index contributed by atoms with van der Waals surface area (Å²) in [6, 6.07) is 6.21. The first-order valence-electron chi connectivity index (χ1n) is 5.67. The fourth-order valence-corrected chi connectivity index (χ4v) is 1.84. The minimum Gasteiger partial charge on any atom is -0.478 e. The van der Waals surface area contributed by atoms with Crippen molar-refractivity contribution in [2.45, 2.75) is 0 Å². The van der Waals surface area contributed by atoms with Crippen LogP contribution in [0, 0.1) is 11.6 Å². The topological polar surface area (TPSA) is 66.4 Å². The molecule has 2 aromatic rings. The van der Waals surface area contributed by atoms with Crippen LogP contribution in [0.25, 0.3) is 0 Å². The molecule has 0 aromatic heterocycles. The van der Waals surface area contributed by atoms with E-state index in [1.54, 1.807) is 0 Å². The van der Waals surface area contributed by atoms with Crippen molar-refractivity contribution in [3.63, 3.8) is 0 Å². The molecule has 7 heteroatoms. The van der Waals surface area contributed by atoms with Gasteiger partial charge in [-0.2, -0.15) is 0 Å². The molecule has 21 heavy (non-hydrogen) atoms. The smallest absolute Gasteiger partial charge is 0.337 e. The zero-order chi connectivity index (χ0) is 15.6. The standard InChI is InChI=1S/C14H8ClF2NO3/c15-7-1-3-11(17)9(5-7)13(19)18-12-4-2-8(16)6-10(12)14(20)21/h1-6H,(H,18,19)(H,20,21). The van der Waals surface area contributed by atoms with Gasteiger partial charge in [-0.15, -0.1) is 0 Å². The number of aromatic carboxylic acids is 1. The summed E-state index contributed by atoms with van der Waals surface area (Å²) >= 11 is 5.68. The van der Waals surface area contributed by atoms with Crippen molar-refractivity contribution in [2.24, 2.45) is 0 Å². The van der Waals surface area contributed by atoms with Crippen molar-refractivity contribution < 1.29 is 23.5 Å². The predicted octanol–water partition coefficient (Wildman–Crippen LogP) is 3.57. The summed E-state index contributed by atoms with van der Waals surface area (Å²) in [5.74, 6) is -3.88. The molecule has 2 N–H and O–H groups in total. The lowest BCUT2D eigenvalue weighted by Gasteiger charge is -2.09. The van der Waals surface area contributed by atoms with Gasteiger partial charge in [0.05, 0.1) is 16.8 Å². The Labute approximate surface area is 123 Å². The fourth-order valence-electron chi connectivity index (χ4n) is 1.66. The highest BCUT2D eigenvalue weighted by atomic mass is 35.5. The number of amides is 1. The number of carboxylic acids is 1. The molecule has 0 saturated carbocycles. The molecule has 0 aliphatic carbocycles. The maximum atomic E-state index is 13.6. The van der Waals surface area contributed by atoms with E-state index in [2.05, 4.69) is 5.32 Å². The third kappa shape index (κ3) is 3.35. The molecule has 2 aromatic carbocycles. The van der Waals surface area contributed by atoms with Crippen LogP contribution in [0.3, 0.4) is 0 Å². The lowest BCUT2D eigenvalue weighted by atomic mass is 10.1. The average molecular weight is 312 g/mol. The number of carboxylic acid groups (broad SMARTS) is 1. The van der Waals surface area contributed by atoms with Crippen LogP contribution in [-0.4, -0.2) is 17.0 Å². The molecular weight excluding hydrogens is 304 g/mol. The third-order valence-electron chi connectivity index (χ3n) is 2.63. The summed E-state index contributed by atoms with van der Waals surface area (Å²) in [4.78, 5) is 23.0. The largest absolute Gasteiger partial charge is 0.478 e. The number of anilines is 1. The number of halogens is 3. The molecule has 0 atom stereocenters. The maximum absolute atomic E-state index is 13.6. The van der Waals surface area contributed by atoms with E-state index in [9.17, 15) is 18.4 Å². The van der Waals surface area contributed by atoms with Crippen LogP contribution in [0.4, 0.5) is 14.5 Å². The summed E-state index contributed by atoms with van der Waals surface area (Å²) in [6.07, 6.45) is 0. The highest BCUT2D eigenvalue weighted by Crippen LogP contribution is 2.20. The van der Waals surface area contributed by atoms with Crippen LogP contribution in [0.1, 0.15) is 20.7 Å². The monoisotopic (exact) mass is 311 g/mol. The molecule has 1 amide bonds. The van der Waals surface area contributed by atoms with Crippen molar-refractivity contribution in [1.82, 2.24) is 0 Å². The molecule has 0 aliphatic rings. The molecule has 0 aliphatic heterocycles. The van der Waals surface area contributed by atoms with Crippen LogP contribution in [0.5, 0.6) is 0 Å². The van der Waals surface area contributed by atoms with Crippen LogP contribution >= 0.6 is 11.6 Å². The van der Waals surface area contributed by atoms with E-state index >= 15 is 0 Å². The van der Waals surface area contributed by atoms with E-state index < -0.39 is 29.1 Å². The highest BCUT2D eigenvalue weighted by molar-refractivity contribution is 6.31. The second-order valence-electron chi connectivity index (χ2n) is 4.07. The number of nitrogens with one attached hydrogen (secondary N) is 1. The summed E-state index contributed by atoms with van der Waals surface area (Å²) in [6.45, 7) is 0. The average Bonchev–Trinajstić information content (AvgIpc) is 2.43. The van der Waals surface area contributed by atoms with Gasteiger partial charge in [0.2, 0.25) is 0 Å². The van der Waals surface area contributed by atoms with Crippen LogP contribution in [-0.2, 0) is 0 Å². The Balaban J connectivity index is 2.36. The second kappa shape index (κ2) is 5.88. The lowest BCUT2D eigenvalue weighted by molar-refractivity contribution is 0.0697. The minimum atomic E-state index is -1.42. The number of carbonyl (C=O) groups is 2. The van der Waals surface area contributed by atoms with Crippen molar-refractivity contribution in [3.8, 4) is 0 Å². The summed E-state index contributed by atoms with van der Waals surface area (Å²) in [5, 5.41) is 11.3. The Hall–Kier alpha value is -2.47. The van der Waals surface area contributed by atoms with Gasteiger partial charge in [-0.1, -0.05) is 11.6 Å². The second-order valence-corrected chi connectivity index (χ2v) is 4.51. The number of hydrogen-bond donors (Lipinski definition) is 2. The third-order valence-corrected chi connectivity index (χ3v) is 2.87. The first-order valence-corrected chi connectivity index (χ1v) is 6.05. The van der Waals surface area contributed by atoms with Gasteiger partial charge in [0.1, 0.15) is 11.6 Å². The van der Waals surface area contributed by atoms with Crippen molar-refractivity contribution in [3.05, 3.63) is 64.2 Å². The number of rotatable bonds is 3. The van der Waals surface area contributed by atoms with Crippen LogP contribution in [0.2, 0.25) is 5.02 Å². The van der Waals surface area contributed by atoms with E-state index in [0.717, 1.165) is 30.3 Å². The predicted molar refractivity (Wildman–Crippen MR) is 72.7 cm³/mol. The van der Waals surface area contributed by atoms with Gasteiger partial charge in [-0.3, -0.25) is 4.79 Å².